The van der Waals surface area contributed by atoms with Crippen molar-refractivity contribution in [3.05, 3.63) is 0 Å². The summed E-state index contributed by atoms with van der Waals surface area (Å²) in [5, 5.41) is 0. The van der Waals surface area contributed by atoms with Crippen LogP contribution >= 0.6 is 0 Å². The number of nitrogens with zero attached hydrogens (tertiary/aromatic N) is 2. The van der Waals surface area contributed by atoms with Crippen molar-refractivity contribution in [2.24, 2.45) is 0 Å². The molecule has 1 heterocycles. The second-order valence-corrected chi connectivity index (χ2v) is 2.80. The van der Waals surface area contributed by atoms with Crippen LogP contribution in [0, 0.1) is 0 Å². The van der Waals surface area contributed by atoms with Crippen LogP contribution < -0.4 is 0 Å². The maximum atomic E-state index is 11.2. The Kier molecular flexibility index (Phi) is 1.83. The minimum Gasteiger partial charge on any atom is -0.326 e. The highest BCUT2D eigenvalue weighted by Crippen LogP contribution is 2.12. The Morgan fingerprint density at radius 2 is 2.30 bits per heavy atom. The van der Waals surface area contributed by atoms with Gasteiger partial charge in [0.05, 0.1) is 0 Å². The summed E-state index contributed by atoms with van der Waals surface area (Å²) in [6.07, 6.45) is 0. The van der Waals surface area contributed by atoms with E-state index in [2.05, 4.69) is 6.92 Å². The van der Waals surface area contributed by atoms with E-state index in [0.29, 0.717) is 6.04 Å². The summed E-state index contributed by atoms with van der Waals surface area (Å²) in [6.45, 7) is 5.77. The first-order valence-electron chi connectivity index (χ1n) is 3.68. The first kappa shape index (κ1) is 7.38. The van der Waals surface area contributed by atoms with Crippen LogP contribution in [-0.2, 0) is 0 Å². The van der Waals surface area contributed by atoms with Crippen molar-refractivity contribution in [2.75, 3.05) is 20.1 Å². The zero-order chi connectivity index (χ0) is 7.72. The molecule has 1 unspecified atom stereocenters. The Morgan fingerprint density at radius 3 is 2.50 bits per heavy atom. The van der Waals surface area contributed by atoms with Gasteiger partial charge in [-0.2, -0.15) is 0 Å². The second kappa shape index (κ2) is 2.48. The fraction of sp³-hybridized carbons (Fsp3) is 0.857. The van der Waals surface area contributed by atoms with E-state index < -0.39 is 0 Å². The Morgan fingerprint density at radius 1 is 1.70 bits per heavy atom. The quantitative estimate of drug-likeness (QED) is 0.530. The van der Waals surface area contributed by atoms with Gasteiger partial charge in [0.2, 0.25) is 0 Å². The van der Waals surface area contributed by atoms with Crippen LogP contribution in [-0.4, -0.2) is 42.0 Å². The molecule has 1 aliphatic heterocycles. The molecule has 0 spiro atoms. The molecule has 0 aromatic heterocycles. The number of likely N-dealkylation sites (N-methyl/N-ethyl adjacent to an activating group) is 2. The SMILES string of the molecule is CCN1C(=O)N(C)CC1C. The van der Waals surface area contributed by atoms with Crippen molar-refractivity contribution >= 4 is 6.03 Å². The fourth-order valence-electron chi connectivity index (χ4n) is 1.43. The third kappa shape index (κ3) is 0.958. The lowest BCUT2D eigenvalue weighted by atomic mass is 10.3. The highest BCUT2D eigenvalue weighted by Gasteiger charge is 2.29. The number of amides is 2. The van der Waals surface area contributed by atoms with E-state index in [1.54, 1.807) is 4.90 Å². The van der Waals surface area contributed by atoms with Crippen molar-refractivity contribution in [1.82, 2.24) is 9.80 Å². The van der Waals surface area contributed by atoms with Crippen molar-refractivity contribution < 1.29 is 4.79 Å². The predicted molar refractivity (Wildman–Crippen MR) is 39.9 cm³/mol. The highest BCUT2D eigenvalue weighted by atomic mass is 16.2. The van der Waals surface area contributed by atoms with Gasteiger partial charge >= 0.3 is 6.03 Å². The summed E-state index contributed by atoms with van der Waals surface area (Å²) >= 11 is 0. The molecule has 0 aromatic carbocycles. The molecule has 1 aliphatic rings. The maximum absolute atomic E-state index is 11.2. The van der Waals surface area contributed by atoms with Crippen LogP contribution in [0.4, 0.5) is 4.79 Å². The van der Waals surface area contributed by atoms with E-state index in [-0.39, 0.29) is 6.03 Å². The topological polar surface area (TPSA) is 23.6 Å². The Labute approximate surface area is 61.6 Å². The van der Waals surface area contributed by atoms with Gasteiger partial charge in [-0.15, -0.1) is 0 Å². The van der Waals surface area contributed by atoms with Crippen LogP contribution in [0.25, 0.3) is 0 Å². The van der Waals surface area contributed by atoms with Gasteiger partial charge in [0, 0.05) is 26.2 Å². The first-order valence-corrected chi connectivity index (χ1v) is 3.68. The normalized spacial score (nSPS) is 26.3. The predicted octanol–water partition coefficient (Wildman–Crippen LogP) is 0.762. The molecule has 0 N–H and O–H groups in total. The number of carbonyl (C=O) groups is 1. The first-order chi connectivity index (χ1) is 4.66. The summed E-state index contributed by atoms with van der Waals surface area (Å²) in [4.78, 5) is 14.8. The number of carbonyl (C=O) groups excluding carboxylic acids is 1. The smallest absolute Gasteiger partial charge is 0.320 e. The van der Waals surface area contributed by atoms with Crippen molar-refractivity contribution in [1.29, 1.82) is 0 Å². The Balaban J connectivity index is 2.64. The molecular weight excluding hydrogens is 128 g/mol. The summed E-state index contributed by atoms with van der Waals surface area (Å²) in [6, 6.07) is 0.553. The third-order valence-electron chi connectivity index (χ3n) is 1.98. The van der Waals surface area contributed by atoms with Gasteiger partial charge in [0.15, 0.2) is 0 Å². The lowest BCUT2D eigenvalue weighted by Crippen LogP contribution is -2.32. The molecule has 58 valence electrons. The molecule has 3 heteroatoms. The van der Waals surface area contributed by atoms with Crippen LogP contribution in [0.1, 0.15) is 13.8 Å². The summed E-state index contributed by atoms with van der Waals surface area (Å²) in [5.41, 5.74) is 0. The van der Waals surface area contributed by atoms with Gasteiger partial charge in [-0.1, -0.05) is 0 Å². The largest absolute Gasteiger partial charge is 0.326 e. The number of hydrogen-bond acceptors (Lipinski definition) is 1. The van der Waals surface area contributed by atoms with Crippen molar-refractivity contribution in [2.45, 2.75) is 19.9 Å². The monoisotopic (exact) mass is 142 g/mol. The average molecular weight is 142 g/mol. The maximum Gasteiger partial charge on any atom is 0.320 e. The van der Waals surface area contributed by atoms with E-state index in [4.69, 9.17) is 0 Å². The van der Waals surface area contributed by atoms with Gasteiger partial charge in [-0.3, -0.25) is 0 Å². The Bertz CT molecular complexity index is 147. The highest BCUT2D eigenvalue weighted by molar-refractivity contribution is 5.76. The summed E-state index contributed by atoms with van der Waals surface area (Å²) in [5.74, 6) is 0. The van der Waals surface area contributed by atoms with E-state index >= 15 is 0 Å². The van der Waals surface area contributed by atoms with E-state index in [1.165, 1.54) is 0 Å². The molecule has 0 bridgehead atoms. The number of hydrogen-bond donors (Lipinski definition) is 0. The van der Waals surface area contributed by atoms with Crippen LogP contribution in [0.5, 0.6) is 0 Å². The van der Waals surface area contributed by atoms with Crippen LogP contribution in [0.15, 0.2) is 0 Å². The Hall–Kier alpha value is -0.730. The standard InChI is InChI=1S/C7H14N2O/c1-4-9-6(2)5-8(3)7(9)10/h6H,4-5H2,1-3H3. The van der Waals surface area contributed by atoms with E-state index in [0.717, 1.165) is 13.1 Å². The van der Waals surface area contributed by atoms with E-state index in [1.807, 2.05) is 18.9 Å². The van der Waals surface area contributed by atoms with E-state index in [9.17, 15) is 4.79 Å². The fourth-order valence-corrected chi connectivity index (χ4v) is 1.43. The zero-order valence-corrected chi connectivity index (χ0v) is 6.79. The third-order valence-corrected chi connectivity index (χ3v) is 1.98. The summed E-state index contributed by atoms with van der Waals surface area (Å²) in [7, 11) is 1.84. The second-order valence-electron chi connectivity index (χ2n) is 2.80. The zero-order valence-electron chi connectivity index (χ0n) is 6.79. The minimum absolute atomic E-state index is 0.162. The number of rotatable bonds is 1. The molecule has 0 saturated carbocycles. The molecule has 0 aromatic rings. The molecule has 0 radical (unpaired) electrons. The molecule has 2 amide bonds. The lowest BCUT2D eigenvalue weighted by Gasteiger charge is -2.16. The molecule has 0 aliphatic carbocycles. The van der Waals surface area contributed by atoms with Gasteiger partial charge in [0.25, 0.3) is 0 Å². The molecule has 3 nitrogen and oxygen atoms in total. The molecule has 1 fully saturated rings. The van der Waals surface area contributed by atoms with Gasteiger partial charge < -0.3 is 9.80 Å². The molecular formula is C7H14N2O. The summed E-state index contributed by atoms with van der Waals surface area (Å²) < 4.78 is 0. The number of urea groups is 1. The van der Waals surface area contributed by atoms with Gasteiger partial charge in [0.1, 0.15) is 0 Å². The molecule has 1 atom stereocenters. The van der Waals surface area contributed by atoms with Crippen molar-refractivity contribution in [3.8, 4) is 0 Å². The lowest BCUT2D eigenvalue weighted by molar-refractivity contribution is 0.195. The van der Waals surface area contributed by atoms with Crippen LogP contribution in [0.3, 0.4) is 0 Å². The molecule has 10 heavy (non-hydrogen) atoms. The van der Waals surface area contributed by atoms with Crippen LogP contribution in [0.2, 0.25) is 0 Å². The molecule has 1 rings (SSSR count). The van der Waals surface area contributed by atoms with Crippen molar-refractivity contribution in [3.63, 3.8) is 0 Å². The minimum atomic E-state index is 0.162. The molecule has 1 saturated heterocycles. The average Bonchev–Trinajstić information content (AvgIpc) is 2.09. The van der Waals surface area contributed by atoms with Gasteiger partial charge in [-0.25, -0.2) is 4.79 Å². The van der Waals surface area contributed by atoms with Gasteiger partial charge in [-0.05, 0) is 13.8 Å².